The van der Waals surface area contributed by atoms with E-state index in [1.807, 2.05) is 0 Å². The molecule has 0 fully saturated rings. The molecule has 0 aliphatic heterocycles. The number of carbonyl (C=O) groups excluding carboxylic acids is 2. The first kappa shape index (κ1) is 20.0. The molecule has 0 aromatic rings. The molecule has 0 rings (SSSR count). The zero-order valence-electron chi connectivity index (χ0n) is 13.4. The van der Waals surface area contributed by atoms with Gasteiger partial charge in [0.2, 0.25) is 0 Å². The summed E-state index contributed by atoms with van der Waals surface area (Å²) in [5, 5.41) is 0. The van der Waals surface area contributed by atoms with Crippen LogP contribution in [0.1, 0.15) is 45.4 Å². The number of rotatable bonds is 12. The average molecular weight is 306 g/mol. The second-order valence-corrected chi connectivity index (χ2v) is 5.05. The van der Waals surface area contributed by atoms with Crippen LogP contribution in [0, 0.1) is 17.8 Å². The third kappa shape index (κ3) is 6.17. The lowest BCUT2D eigenvalue weighted by Gasteiger charge is -2.27. The Morgan fingerprint density at radius 2 is 1.64 bits per heavy atom. The Hall–Kier alpha value is -2.02. The first-order valence-electron chi connectivity index (χ1n) is 7.58. The zero-order chi connectivity index (χ0) is 16.8. The molecule has 0 heterocycles. The van der Waals surface area contributed by atoms with Crippen molar-refractivity contribution in [2.75, 3.05) is 13.2 Å². The van der Waals surface area contributed by atoms with Crippen molar-refractivity contribution in [3.05, 3.63) is 25.3 Å². The first-order valence-corrected chi connectivity index (χ1v) is 7.58. The van der Waals surface area contributed by atoms with E-state index in [9.17, 15) is 9.59 Å². The van der Waals surface area contributed by atoms with Gasteiger partial charge in [-0.15, -0.1) is 12.3 Å². The van der Waals surface area contributed by atoms with Crippen LogP contribution in [0.5, 0.6) is 0 Å². The number of ether oxygens (including phenoxy) is 2. The van der Waals surface area contributed by atoms with E-state index in [0.29, 0.717) is 12.8 Å². The smallest absolute Gasteiger partial charge is 0.324 e. The summed E-state index contributed by atoms with van der Waals surface area (Å²) >= 11 is 0. The van der Waals surface area contributed by atoms with Crippen molar-refractivity contribution < 1.29 is 19.1 Å². The molecule has 0 unspecified atom stereocenters. The molecule has 0 radical (unpaired) electrons. The molecule has 0 saturated heterocycles. The normalized spacial score (nSPS) is 10.4. The van der Waals surface area contributed by atoms with Crippen LogP contribution in [0.25, 0.3) is 0 Å². The Balaban J connectivity index is 5.19. The Bertz CT molecular complexity index is 393. The predicted octanol–water partition coefficient (Wildman–Crippen LogP) is 3.42. The van der Waals surface area contributed by atoms with Crippen LogP contribution in [-0.4, -0.2) is 25.2 Å². The summed E-state index contributed by atoms with van der Waals surface area (Å²) < 4.78 is 10.2. The van der Waals surface area contributed by atoms with Crippen LogP contribution >= 0.6 is 0 Å². The summed E-state index contributed by atoms with van der Waals surface area (Å²) in [6.45, 7) is 9.15. The monoisotopic (exact) mass is 306 g/mol. The predicted molar refractivity (Wildman–Crippen MR) is 87.0 cm³/mol. The second-order valence-electron chi connectivity index (χ2n) is 5.05. The van der Waals surface area contributed by atoms with E-state index in [4.69, 9.17) is 15.9 Å². The summed E-state index contributed by atoms with van der Waals surface area (Å²) in [4.78, 5) is 24.8. The topological polar surface area (TPSA) is 52.6 Å². The highest BCUT2D eigenvalue weighted by Crippen LogP contribution is 2.33. The maximum atomic E-state index is 12.4. The highest BCUT2D eigenvalue weighted by Gasteiger charge is 2.47. The van der Waals surface area contributed by atoms with E-state index in [0.717, 1.165) is 19.3 Å². The van der Waals surface area contributed by atoms with Crippen molar-refractivity contribution in [1.29, 1.82) is 0 Å². The van der Waals surface area contributed by atoms with Crippen LogP contribution in [0.15, 0.2) is 25.3 Å². The van der Waals surface area contributed by atoms with E-state index >= 15 is 0 Å². The van der Waals surface area contributed by atoms with Crippen molar-refractivity contribution in [1.82, 2.24) is 0 Å². The van der Waals surface area contributed by atoms with E-state index < -0.39 is 17.4 Å². The molecular weight excluding hydrogens is 280 g/mol. The molecule has 4 nitrogen and oxygen atoms in total. The molecule has 0 N–H and O–H groups in total. The molecule has 0 aromatic carbocycles. The van der Waals surface area contributed by atoms with Gasteiger partial charge in [-0.05, 0) is 6.42 Å². The summed E-state index contributed by atoms with van der Waals surface area (Å²) in [6, 6.07) is 0. The van der Waals surface area contributed by atoms with E-state index in [-0.39, 0.29) is 19.6 Å². The SMILES string of the molecule is C#CCC(CCCCCC)(C(=O)OCC=C)C(=O)OCC=C. The number of terminal acetylenes is 1. The lowest BCUT2D eigenvalue weighted by Crippen LogP contribution is -2.42. The van der Waals surface area contributed by atoms with Gasteiger partial charge in [-0.1, -0.05) is 57.9 Å². The molecule has 0 saturated carbocycles. The third-order valence-electron chi connectivity index (χ3n) is 3.31. The molecule has 0 aromatic heterocycles. The molecule has 0 atom stereocenters. The van der Waals surface area contributed by atoms with Crippen molar-refractivity contribution in [3.63, 3.8) is 0 Å². The number of hydrogen-bond donors (Lipinski definition) is 0. The minimum Gasteiger partial charge on any atom is -0.461 e. The van der Waals surface area contributed by atoms with Crippen molar-refractivity contribution in [2.24, 2.45) is 5.41 Å². The van der Waals surface area contributed by atoms with E-state index in [2.05, 4.69) is 26.0 Å². The Morgan fingerprint density at radius 1 is 1.09 bits per heavy atom. The van der Waals surface area contributed by atoms with Gasteiger partial charge >= 0.3 is 11.9 Å². The van der Waals surface area contributed by atoms with Gasteiger partial charge in [0.25, 0.3) is 0 Å². The second kappa shape index (κ2) is 11.6. The van der Waals surface area contributed by atoms with Crippen LogP contribution < -0.4 is 0 Å². The van der Waals surface area contributed by atoms with Gasteiger partial charge < -0.3 is 9.47 Å². The summed E-state index contributed by atoms with van der Waals surface area (Å²) in [5.74, 6) is 1.13. The fourth-order valence-corrected chi connectivity index (χ4v) is 2.09. The fourth-order valence-electron chi connectivity index (χ4n) is 2.09. The summed E-state index contributed by atoms with van der Waals surface area (Å²) in [5.41, 5.74) is -1.44. The standard InChI is InChI=1S/C18H26O4/c1-5-9-10-11-13-18(12-6-2,16(19)21-14-7-3)17(20)22-15-8-4/h2,7-8H,3-5,9-15H2,1H3. The van der Waals surface area contributed by atoms with E-state index in [1.54, 1.807) is 0 Å². The first-order chi connectivity index (χ1) is 10.6. The Morgan fingerprint density at radius 3 is 2.05 bits per heavy atom. The third-order valence-corrected chi connectivity index (χ3v) is 3.31. The average Bonchev–Trinajstić information content (AvgIpc) is 2.53. The van der Waals surface area contributed by atoms with Crippen LogP contribution in [-0.2, 0) is 19.1 Å². The minimum absolute atomic E-state index is 0.0366. The molecule has 0 amide bonds. The molecule has 22 heavy (non-hydrogen) atoms. The van der Waals surface area contributed by atoms with Gasteiger partial charge in [-0.25, -0.2) is 0 Å². The molecule has 4 heteroatoms. The zero-order valence-corrected chi connectivity index (χ0v) is 13.4. The van der Waals surface area contributed by atoms with Crippen LogP contribution in [0.3, 0.4) is 0 Å². The van der Waals surface area contributed by atoms with Gasteiger partial charge in [0.15, 0.2) is 5.41 Å². The van der Waals surface area contributed by atoms with E-state index in [1.165, 1.54) is 12.2 Å². The van der Waals surface area contributed by atoms with Gasteiger partial charge in [-0.3, -0.25) is 9.59 Å². The largest absolute Gasteiger partial charge is 0.461 e. The van der Waals surface area contributed by atoms with Crippen LogP contribution in [0.2, 0.25) is 0 Å². The van der Waals surface area contributed by atoms with Crippen molar-refractivity contribution >= 4 is 11.9 Å². The molecule has 0 spiro atoms. The lowest BCUT2D eigenvalue weighted by atomic mass is 9.79. The Labute approximate surface area is 133 Å². The molecule has 0 aliphatic rings. The summed E-state index contributed by atoms with van der Waals surface area (Å²) in [7, 11) is 0. The van der Waals surface area contributed by atoms with Gasteiger partial charge in [0.05, 0.1) is 0 Å². The minimum atomic E-state index is -1.44. The highest BCUT2D eigenvalue weighted by atomic mass is 16.6. The lowest BCUT2D eigenvalue weighted by molar-refractivity contribution is -0.171. The molecule has 0 aliphatic carbocycles. The number of esters is 2. The quantitative estimate of drug-likeness (QED) is 0.182. The van der Waals surface area contributed by atoms with Gasteiger partial charge in [0.1, 0.15) is 13.2 Å². The van der Waals surface area contributed by atoms with Crippen molar-refractivity contribution in [3.8, 4) is 12.3 Å². The molecule has 122 valence electrons. The maximum absolute atomic E-state index is 12.4. The fraction of sp³-hybridized carbons (Fsp3) is 0.556. The molecule has 0 bridgehead atoms. The van der Waals surface area contributed by atoms with Gasteiger partial charge in [-0.2, -0.15) is 0 Å². The summed E-state index contributed by atoms with van der Waals surface area (Å²) in [6.07, 6.45) is 12.3. The van der Waals surface area contributed by atoms with Gasteiger partial charge in [0, 0.05) is 6.42 Å². The number of carbonyl (C=O) groups is 2. The number of unbranched alkanes of at least 4 members (excludes halogenated alkanes) is 3. The maximum Gasteiger partial charge on any atom is 0.324 e. The highest BCUT2D eigenvalue weighted by molar-refractivity contribution is 6.00. The van der Waals surface area contributed by atoms with Crippen molar-refractivity contribution in [2.45, 2.75) is 45.4 Å². The molecular formula is C18H26O4. The Kier molecular flexibility index (Phi) is 10.6. The van der Waals surface area contributed by atoms with Crippen LogP contribution in [0.4, 0.5) is 0 Å². The number of hydrogen-bond acceptors (Lipinski definition) is 4.